The lowest BCUT2D eigenvalue weighted by Gasteiger charge is -2.28. The number of hydrogen-bond acceptors (Lipinski definition) is 2. The van der Waals surface area contributed by atoms with Gasteiger partial charge in [-0.1, -0.05) is 35.9 Å². The number of aromatic nitrogens is 1. The van der Waals surface area contributed by atoms with Gasteiger partial charge >= 0.3 is 0 Å². The Bertz CT molecular complexity index is 792. The number of aliphatic imine (C=N–C) groups is 1. The van der Waals surface area contributed by atoms with Crippen molar-refractivity contribution in [2.45, 2.75) is 25.0 Å². The predicted octanol–water partition coefficient (Wildman–Crippen LogP) is 3.14. The molecule has 0 amide bonds. The Labute approximate surface area is 177 Å². The number of nitrogens with zero attached hydrogens (tertiary/aromatic N) is 3. The zero-order valence-corrected chi connectivity index (χ0v) is 18.5. The predicted molar refractivity (Wildman–Crippen MR) is 117 cm³/mol. The minimum absolute atomic E-state index is 0. The van der Waals surface area contributed by atoms with Crippen LogP contribution in [0.3, 0.4) is 0 Å². The Morgan fingerprint density at radius 1 is 1.42 bits per heavy atom. The van der Waals surface area contributed by atoms with Gasteiger partial charge < -0.3 is 19.9 Å². The van der Waals surface area contributed by atoms with E-state index >= 15 is 0 Å². The van der Waals surface area contributed by atoms with Crippen molar-refractivity contribution >= 4 is 41.5 Å². The average molecular weight is 489 g/mol. The molecule has 0 aliphatic heterocycles. The van der Waals surface area contributed by atoms with Gasteiger partial charge in [0.05, 0.1) is 18.1 Å². The highest BCUT2D eigenvalue weighted by Gasteiger charge is 2.36. The van der Waals surface area contributed by atoms with Crippen molar-refractivity contribution in [3.8, 4) is 0 Å². The number of rotatable bonds is 4. The quantitative estimate of drug-likeness (QED) is 0.395. The number of hydrogen-bond donors (Lipinski definition) is 2. The van der Waals surface area contributed by atoms with Gasteiger partial charge in [-0.05, 0) is 30.0 Å². The molecule has 1 aliphatic carbocycles. The third-order valence-electron chi connectivity index (χ3n) is 4.91. The van der Waals surface area contributed by atoms with Crippen molar-refractivity contribution in [1.82, 2.24) is 14.8 Å². The lowest BCUT2D eigenvalue weighted by atomic mass is 9.96. The van der Waals surface area contributed by atoms with Crippen LogP contribution in [0.25, 0.3) is 0 Å². The average Bonchev–Trinajstić information content (AvgIpc) is 3.08. The first-order valence-corrected chi connectivity index (χ1v) is 8.84. The lowest BCUT2D eigenvalue weighted by molar-refractivity contribution is 0.0426. The van der Waals surface area contributed by atoms with E-state index in [1.165, 1.54) is 5.56 Å². The van der Waals surface area contributed by atoms with E-state index in [-0.39, 0.29) is 24.0 Å². The molecule has 5 nitrogen and oxygen atoms in total. The van der Waals surface area contributed by atoms with Crippen LogP contribution in [-0.4, -0.2) is 41.2 Å². The van der Waals surface area contributed by atoms with Crippen molar-refractivity contribution in [3.63, 3.8) is 0 Å². The molecule has 1 heterocycles. The van der Waals surface area contributed by atoms with Gasteiger partial charge in [0.15, 0.2) is 5.96 Å². The van der Waals surface area contributed by atoms with Gasteiger partial charge in [-0.2, -0.15) is 0 Å². The maximum absolute atomic E-state index is 11.0. The first-order valence-electron chi connectivity index (χ1n) is 8.46. The maximum Gasteiger partial charge on any atom is 0.193 e. The zero-order valence-electron chi connectivity index (χ0n) is 15.4. The fourth-order valence-electron chi connectivity index (χ4n) is 3.50. The van der Waals surface area contributed by atoms with Crippen LogP contribution in [0.5, 0.6) is 0 Å². The second-order valence-electron chi connectivity index (χ2n) is 6.71. The number of aliphatic hydroxyl groups is 1. The number of guanidine groups is 1. The van der Waals surface area contributed by atoms with E-state index < -0.39 is 5.60 Å². The molecule has 2 aromatic rings. The zero-order chi connectivity index (χ0) is 18.0. The number of halogens is 2. The summed E-state index contributed by atoms with van der Waals surface area (Å²) in [5.74, 6) is 0.745. The normalized spacial score (nSPS) is 19.0. The van der Waals surface area contributed by atoms with E-state index in [4.69, 9.17) is 11.6 Å². The Kier molecular flexibility index (Phi) is 6.99. The summed E-state index contributed by atoms with van der Waals surface area (Å²) >= 11 is 6.06. The van der Waals surface area contributed by atoms with E-state index in [1.807, 2.05) is 54.0 Å². The van der Waals surface area contributed by atoms with Gasteiger partial charge in [0.25, 0.3) is 0 Å². The van der Waals surface area contributed by atoms with E-state index in [1.54, 1.807) is 7.05 Å². The summed E-state index contributed by atoms with van der Waals surface area (Å²) in [7, 11) is 5.70. The minimum atomic E-state index is -0.846. The van der Waals surface area contributed by atoms with Gasteiger partial charge in [0.1, 0.15) is 5.60 Å². The van der Waals surface area contributed by atoms with Gasteiger partial charge in [-0.3, -0.25) is 4.99 Å². The van der Waals surface area contributed by atoms with Crippen molar-refractivity contribution < 1.29 is 5.11 Å². The number of fused-ring (bicyclic) bond motifs is 1. The molecule has 0 bridgehead atoms. The van der Waals surface area contributed by atoms with Crippen molar-refractivity contribution in [1.29, 1.82) is 0 Å². The van der Waals surface area contributed by atoms with Gasteiger partial charge in [0.2, 0.25) is 0 Å². The maximum atomic E-state index is 11.0. The lowest BCUT2D eigenvalue weighted by Crippen LogP contribution is -2.45. The molecule has 1 aliphatic rings. The van der Waals surface area contributed by atoms with Gasteiger partial charge in [-0.25, -0.2) is 0 Å². The second kappa shape index (κ2) is 8.63. The molecule has 0 radical (unpaired) electrons. The molecular weight excluding hydrogens is 463 g/mol. The van der Waals surface area contributed by atoms with Crippen LogP contribution in [0.1, 0.15) is 23.2 Å². The van der Waals surface area contributed by atoms with E-state index in [0.29, 0.717) is 13.1 Å². The number of benzene rings is 1. The first kappa shape index (κ1) is 21.1. The van der Waals surface area contributed by atoms with Crippen molar-refractivity contribution in [2.75, 3.05) is 20.6 Å². The molecule has 0 fully saturated rings. The number of nitrogens with one attached hydrogen (secondary N) is 1. The van der Waals surface area contributed by atoms with Crippen LogP contribution in [0.2, 0.25) is 5.02 Å². The largest absolute Gasteiger partial charge is 0.383 e. The van der Waals surface area contributed by atoms with Crippen LogP contribution in [-0.2, 0) is 25.6 Å². The fraction of sp³-hybridized carbons (Fsp3) is 0.421. The second-order valence-corrected chi connectivity index (χ2v) is 7.14. The summed E-state index contributed by atoms with van der Waals surface area (Å²) < 4.78 is 2.01. The summed E-state index contributed by atoms with van der Waals surface area (Å²) in [5.41, 5.74) is 2.51. The molecule has 1 aromatic carbocycles. The molecule has 2 N–H and O–H groups in total. The molecule has 1 aromatic heterocycles. The van der Waals surface area contributed by atoms with Crippen molar-refractivity contribution in [2.24, 2.45) is 12.0 Å². The van der Waals surface area contributed by atoms with Crippen LogP contribution < -0.4 is 5.32 Å². The highest BCUT2D eigenvalue weighted by molar-refractivity contribution is 14.0. The summed E-state index contributed by atoms with van der Waals surface area (Å²) in [5, 5.41) is 15.1. The van der Waals surface area contributed by atoms with Crippen LogP contribution in [0.4, 0.5) is 0 Å². The summed E-state index contributed by atoms with van der Waals surface area (Å²) in [4.78, 5) is 6.37. The molecule has 3 rings (SSSR count). The van der Waals surface area contributed by atoms with Gasteiger partial charge in [-0.15, -0.1) is 24.0 Å². The highest BCUT2D eigenvalue weighted by atomic mass is 127. The Hall–Kier alpha value is -1.25. The van der Waals surface area contributed by atoms with Gasteiger partial charge in [0, 0.05) is 33.0 Å². The first-order chi connectivity index (χ1) is 11.9. The van der Waals surface area contributed by atoms with E-state index in [9.17, 15) is 5.11 Å². The molecule has 142 valence electrons. The smallest absolute Gasteiger partial charge is 0.193 e. The van der Waals surface area contributed by atoms with E-state index in [0.717, 1.165) is 35.1 Å². The van der Waals surface area contributed by atoms with Crippen LogP contribution >= 0.6 is 35.6 Å². The monoisotopic (exact) mass is 488 g/mol. The van der Waals surface area contributed by atoms with Crippen LogP contribution in [0.15, 0.2) is 41.5 Å². The summed E-state index contributed by atoms with van der Waals surface area (Å²) in [6, 6.07) is 10.1. The van der Waals surface area contributed by atoms with E-state index in [2.05, 4.69) is 16.4 Å². The Morgan fingerprint density at radius 3 is 2.81 bits per heavy atom. The third kappa shape index (κ3) is 4.35. The summed E-state index contributed by atoms with van der Waals surface area (Å²) in [6.45, 7) is 1.12. The molecule has 0 saturated heterocycles. The SMILES string of the molecule is CN=C(NCC1(O)CCc2ccccc21)N(C)Cc1cc(Cl)cn1C.I. The molecule has 7 heteroatoms. The molecule has 0 spiro atoms. The molecule has 26 heavy (non-hydrogen) atoms. The Balaban J connectivity index is 0.00000243. The fourth-order valence-corrected chi connectivity index (χ4v) is 3.78. The minimum Gasteiger partial charge on any atom is -0.383 e. The Morgan fingerprint density at radius 2 is 2.15 bits per heavy atom. The summed E-state index contributed by atoms with van der Waals surface area (Å²) in [6.07, 6.45) is 3.53. The molecule has 1 atom stereocenters. The number of aryl methyl sites for hydroxylation is 2. The molecular formula is C19H26ClIN4O. The third-order valence-corrected chi connectivity index (χ3v) is 5.12. The van der Waals surface area contributed by atoms with Crippen LogP contribution in [0, 0.1) is 0 Å². The molecule has 1 unspecified atom stereocenters. The highest BCUT2D eigenvalue weighted by Crippen LogP contribution is 2.36. The topological polar surface area (TPSA) is 52.8 Å². The standard InChI is InChI=1S/C19H25ClN4O.HI/c1-21-18(24(3)12-16-10-15(20)11-23(16)2)22-13-19(25)9-8-14-6-4-5-7-17(14)19;/h4-7,10-11,25H,8-9,12-13H2,1-3H3,(H,21,22);1H. The molecule has 0 saturated carbocycles. The van der Waals surface area contributed by atoms with Crippen molar-refractivity contribution in [3.05, 3.63) is 58.4 Å².